The van der Waals surface area contributed by atoms with Crippen molar-refractivity contribution >= 4 is 11.7 Å². The zero-order valence-corrected chi connectivity index (χ0v) is 11.7. The van der Waals surface area contributed by atoms with Crippen LogP contribution in [0, 0.1) is 6.92 Å². The van der Waals surface area contributed by atoms with Gasteiger partial charge in [0.15, 0.2) is 0 Å². The molecule has 3 heteroatoms. The topological polar surface area (TPSA) is 35.5 Å². The molecule has 0 saturated carbocycles. The third kappa shape index (κ3) is 2.98. The van der Waals surface area contributed by atoms with Gasteiger partial charge in [0.1, 0.15) is 11.9 Å². The highest BCUT2D eigenvalue weighted by molar-refractivity contribution is 5.97. The molecule has 0 N–H and O–H groups in total. The molecule has 1 heterocycles. The normalized spacial score (nSPS) is 18.4. The number of aryl methyl sites for hydroxylation is 1. The molecule has 3 nitrogen and oxygen atoms in total. The second-order valence-corrected chi connectivity index (χ2v) is 4.75. The number of carbonyl (C=O) groups excluding carboxylic acids is 1. The van der Waals surface area contributed by atoms with E-state index in [4.69, 9.17) is 9.47 Å². The molecular weight excluding hydrogens is 240 g/mol. The summed E-state index contributed by atoms with van der Waals surface area (Å²) >= 11 is 0. The Labute approximate surface area is 114 Å². The minimum absolute atomic E-state index is 0.0794. The van der Waals surface area contributed by atoms with Crippen LogP contribution in [0.5, 0.6) is 0 Å². The van der Waals surface area contributed by atoms with Crippen molar-refractivity contribution in [2.45, 2.75) is 39.7 Å². The molecule has 0 amide bonds. The fourth-order valence-electron chi connectivity index (χ4n) is 2.17. The molecular formula is C16H20O3. The Kier molecular flexibility index (Phi) is 4.25. The number of hydrogen-bond donors (Lipinski definition) is 0. The Hall–Kier alpha value is -1.77. The van der Waals surface area contributed by atoms with Gasteiger partial charge in [-0.3, -0.25) is 0 Å². The maximum absolute atomic E-state index is 12.0. The standard InChI is InChI=1S/C16H20O3/c1-4-13-10-14(16(17)18-5-2)15(19-13)12-8-6-11(3)7-9-12/h6-9,13H,4-5,10H2,1-3H3. The molecule has 0 saturated heterocycles. The van der Waals surface area contributed by atoms with Crippen molar-refractivity contribution in [1.29, 1.82) is 0 Å². The van der Waals surface area contributed by atoms with E-state index >= 15 is 0 Å². The fraction of sp³-hybridized carbons (Fsp3) is 0.438. The lowest BCUT2D eigenvalue weighted by Gasteiger charge is -2.10. The molecule has 1 atom stereocenters. The number of ether oxygens (including phenoxy) is 2. The van der Waals surface area contributed by atoms with Gasteiger partial charge in [0.2, 0.25) is 0 Å². The van der Waals surface area contributed by atoms with E-state index in [0.29, 0.717) is 24.4 Å². The van der Waals surface area contributed by atoms with E-state index in [0.717, 1.165) is 12.0 Å². The molecule has 1 unspecified atom stereocenters. The van der Waals surface area contributed by atoms with Gasteiger partial charge in [-0.15, -0.1) is 0 Å². The zero-order valence-electron chi connectivity index (χ0n) is 11.7. The van der Waals surface area contributed by atoms with Crippen molar-refractivity contribution in [3.05, 3.63) is 41.0 Å². The van der Waals surface area contributed by atoms with Gasteiger partial charge in [-0.1, -0.05) is 36.8 Å². The molecule has 102 valence electrons. The first-order chi connectivity index (χ1) is 9.15. The van der Waals surface area contributed by atoms with Crippen molar-refractivity contribution < 1.29 is 14.3 Å². The van der Waals surface area contributed by atoms with Crippen LogP contribution in [-0.4, -0.2) is 18.7 Å². The largest absolute Gasteiger partial charge is 0.489 e. The molecule has 0 bridgehead atoms. The highest BCUT2D eigenvalue weighted by Crippen LogP contribution is 2.34. The summed E-state index contributed by atoms with van der Waals surface area (Å²) in [5.74, 6) is 0.430. The predicted molar refractivity (Wildman–Crippen MR) is 74.5 cm³/mol. The van der Waals surface area contributed by atoms with Gasteiger partial charge in [-0.2, -0.15) is 0 Å². The van der Waals surface area contributed by atoms with Crippen molar-refractivity contribution in [3.8, 4) is 0 Å². The van der Waals surface area contributed by atoms with Crippen LogP contribution in [0.25, 0.3) is 5.76 Å². The Morgan fingerprint density at radius 2 is 2.00 bits per heavy atom. The Bertz CT molecular complexity index is 485. The molecule has 1 aromatic carbocycles. The second-order valence-electron chi connectivity index (χ2n) is 4.75. The van der Waals surface area contributed by atoms with Gasteiger partial charge in [0, 0.05) is 12.0 Å². The van der Waals surface area contributed by atoms with E-state index < -0.39 is 0 Å². The summed E-state index contributed by atoms with van der Waals surface area (Å²) in [5.41, 5.74) is 2.80. The summed E-state index contributed by atoms with van der Waals surface area (Å²) in [7, 11) is 0. The van der Waals surface area contributed by atoms with Crippen molar-refractivity contribution in [1.82, 2.24) is 0 Å². The molecule has 0 aliphatic carbocycles. The minimum Gasteiger partial charge on any atom is -0.489 e. The van der Waals surface area contributed by atoms with E-state index in [-0.39, 0.29) is 12.1 Å². The van der Waals surface area contributed by atoms with Crippen LogP contribution in [0.4, 0.5) is 0 Å². The molecule has 0 fully saturated rings. The summed E-state index contributed by atoms with van der Waals surface area (Å²) in [6, 6.07) is 8.02. The number of esters is 1. The molecule has 2 rings (SSSR count). The van der Waals surface area contributed by atoms with Crippen LogP contribution in [0.1, 0.15) is 37.8 Å². The van der Waals surface area contributed by atoms with Gasteiger partial charge in [-0.05, 0) is 20.3 Å². The summed E-state index contributed by atoms with van der Waals surface area (Å²) in [5, 5.41) is 0. The van der Waals surface area contributed by atoms with E-state index in [2.05, 4.69) is 6.92 Å². The Morgan fingerprint density at radius 1 is 1.32 bits per heavy atom. The molecule has 1 aromatic rings. The smallest absolute Gasteiger partial charge is 0.337 e. The van der Waals surface area contributed by atoms with E-state index in [1.165, 1.54) is 5.56 Å². The number of hydrogen-bond acceptors (Lipinski definition) is 3. The number of rotatable bonds is 4. The van der Waals surface area contributed by atoms with Gasteiger partial charge >= 0.3 is 5.97 Å². The quantitative estimate of drug-likeness (QED) is 0.778. The van der Waals surface area contributed by atoms with Crippen LogP contribution in [0.2, 0.25) is 0 Å². The summed E-state index contributed by atoms with van der Waals surface area (Å²) in [4.78, 5) is 12.0. The Balaban J connectivity index is 2.33. The maximum Gasteiger partial charge on any atom is 0.337 e. The van der Waals surface area contributed by atoms with E-state index in [1.807, 2.05) is 38.1 Å². The molecule has 19 heavy (non-hydrogen) atoms. The predicted octanol–water partition coefficient (Wildman–Crippen LogP) is 3.47. The highest BCUT2D eigenvalue weighted by atomic mass is 16.5. The zero-order chi connectivity index (χ0) is 13.8. The van der Waals surface area contributed by atoms with Crippen LogP contribution in [0.15, 0.2) is 29.8 Å². The maximum atomic E-state index is 12.0. The monoisotopic (exact) mass is 260 g/mol. The third-order valence-corrected chi connectivity index (χ3v) is 3.28. The second kappa shape index (κ2) is 5.91. The summed E-state index contributed by atoms with van der Waals surface area (Å²) < 4.78 is 11.0. The van der Waals surface area contributed by atoms with Crippen LogP contribution in [-0.2, 0) is 14.3 Å². The first kappa shape index (κ1) is 13.7. The fourth-order valence-corrected chi connectivity index (χ4v) is 2.17. The third-order valence-electron chi connectivity index (χ3n) is 3.28. The molecule has 1 aliphatic rings. The SMILES string of the molecule is CCOC(=O)C1=C(c2ccc(C)cc2)OC(CC)C1. The molecule has 0 radical (unpaired) electrons. The van der Waals surface area contributed by atoms with Crippen molar-refractivity contribution in [2.24, 2.45) is 0 Å². The average Bonchev–Trinajstić information content (AvgIpc) is 2.84. The van der Waals surface area contributed by atoms with Crippen LogP contribution < -0.4 is 0 Å². The first-order valence-corrected chi connectivity index (χ1v) is 6.79. The Morgan fingerprint density at radius 3 is 2.58 bits per heavy atom. The number of benzene rings is 1. The molecule has 0 aromatic heterocycles. The molecule has 1 aliphatic heterocycles. The van der Waals surface area contributed by atoms with Crippen molar-refractivity contribution in [3.63, 3.8) is 0 Å². The lowest BCUT2D eigenvalue weighted by molar-refractivity contribution is -0.138. The van der Waals surface area contributed by atoms with E-state index in [9.17, 15) is 4.79 Å². The van der Waals surface area contributed by atoms with Crippen LogP contribution in [0.3, 0.4) is 0 Å². The van der Waals surface area contributed by atoms with Crippen LogP contribution >= 0.6 is 0 Å². The van der Waals surface area contributed by atoms with E-state index in [1.54, 1.807) is 0 Å². The summed E-state index contributed by atoms with van der Waals surface area (Å²) in [6.45, 7) is 6.30. The van der Waals surface area contributed by atoms with Gasteiger partial charge in [0.05, 0.1) is 12.2 Å². The average molecular weight is 260 g/mol. The summed E-state index contributed by atoms with van der Waals surface area (Å²) in [6.07, 6.45) is 1.60. The highest BCUT2D eigenvalue weighted by Gasteiger charge is 2.30. The minimum atomic E-state index is -0.256. The van der Waals surface area contributed by atoms with Gasteiger partial charge < -0.3 is 9.47 Å². The lowest BCUT2D eigenvalue weighted by atomic mass is 10.0. The molecule has 0 spiro atoms. The van der Waals surface area contributed by atoms with Gasteiger partial charge in [-0.25, -0.2) is 4.79 Å². The van der Waals surface area contributed by atoms with Gasteiger partial charge in [0.25, 0.3) is 0 Å². The van der Waals surface area contributed by atoms with Crippen molar-refractivity contribution in [2.75, 3.05) is 6.61 Å². The number of carbonyl (C=O) groups is 1. The first-order valence-electron chi connectivity index (χ1n) is 6.79. The lowest BCUT2D eigenvalue weighted by Crippen LogP contribution is -2.09.